The van der Waals surface area contributed by atoms with E-state index in [0.29, 0.717) is 0 Å². The smallest absolute Gasteiger partial charge is 0.116 e. The van der Waals surface area contributed by atoms with Crippen LogP contribution in [-0.2, 0) is 25.7 Å². The number of nitrogens with zero attached hydrogens (tertiary/aromatic N) is 3. The van der Waals surface area contributed by atoms with E-state index in [2.05, 4.69) is 146 Å². The Morgan fingerprint density at radius 3 is 1.32 bits per heavy atom. The number of aromatic hydroxyl groups is 1. The summed E-state index contributed by atoms with van der Waals surface area (Å²) in [6.07, 6.45) is 9.58. The molecule has 0 fully saturated rings. The number of benzene rings is 6. The van der Waals surface area contributed by atoms with Gasteiger partial charge in [-0.15, -0.1) is 0 Å². The maximum atomic E-state index is 10.3. The fourth-order valence-electron chi connectivity index (χ4n) is 7.81. The predicted octanol–water partition coefficient (Wildman–Crippen LogP) is 13.1. The van der Waals surface area contributed by atoms with Gasteiger partial charge in [-0.3, -0.25) is 15.0 Å². The molecule has 0 unspecified atom stereocenters. The zero-order valence-electron chi connectivity index (χ0n) is 32.7. The molecule has 9 aromatic rings. The first-order chi connectivity index (χ1) is 29.1. The Bertz CT molecular complexity index is 2700. The predicted molar refractivity (Wildman–Crippen MR) is 242 cm³/mol. The van der Waals surface area contributed by atoms with Gasteiger partial charge in [0.2, 0.25) is 0 Å². The molecule has 0 amide bonds. The summed E-state index contributed by atoms with van der Waals surface area (Å²) in [5.41, 5.74) is 17.6. The molecular formula is C55H43N3O. The van der Waals surface area contributed by atoms with Gasteiger partial charge in [-0.2, -0.15) is 0 Å². The Hall–Kier alpha value is -7.43. The van der Waals surface area contributed by atoms with Gasteiger partial charge < -0.3 is 5.11 Å². The second-order valence-corrected chi connectivity index (χ2v) is 15.0. The van der Waals surface area contributed by atoms with Crippen LogP contribution < -0.4 is 0 Å². The summed E-state index contributed by atoms with van der Waals surface area (Å²) in [7, 11) is 0. The molecule has 6 aromatic carbocycles. The lowest BCUT2D eigenvalue weighted by Crippen LogP contribution is -1.99. The lowest BCUT2D eigenvalue weighted by Gasteiger charge is -2.17. The van der Waals surface area contributed by atoms with E-state index in [1.807, 2.05) is 48.9 Å². The quantitative estimate of drug-likeness (QED) is 0.135. The molecule has 0 radical (unpaired) electrons. The summed E-state index contributed by atoms with van der Waals surface area (Å²) in [5.74, 6) is 0.219. The molecule has 3 heterocycles. The molecule has 4 nitrogen and oxygen atoms in total. The normalized spacial score (nSPS) is 11.1. The van der Waals surface area contributed by atoms with Gasteiger partial charge in [0.1, 0.15) is 5.75 Å². The summed E-state index contributed by atoms with van der Waals surface area (Å²) in [5, 5.41) is 10.3. The third kappa shape index (κ3) is 8.78. The van der Waals surface area contributed by atoms with Crippen LogP contribution in [0.25, 0.3) is 67.2 Å². The summed E-state index contributed by atoms with van der Waals surface area (Å²) in [6.45, 7) is 0. The molecule has 1 N–H and O–H groups in total. The number of pyridine rings is 3. The summed E-state index contributed by atoms with van der Waals surface area (Å²) >= 11 is 0. The van der Waals surface area contributed by atoms with E-state index < -0.39 is 0 Å². The molecule has 0 spiro atoms. The average Bonchev–Trinajstić information content (AvgIpc) is 3.31. The highest BCUT2D eigenvalue weighted by atomic mass is 16.3. The van der Waals surface area contributed by atoms with Crippen LogP contribution in [0, 0.1) is 0 Å². The van der Waals surface area contributed by atoms with Crippen molar-refractivity contribution in [2.24, 2.45) is 0 Å². The van der Waals surface area contributed by atoms with E-state index in [9.17, 15) is 5.11 Å². The molecule has 59 heavy (non-hydrogen) atoms. The summed E-state index contributed by atoms with van der Waals surface area (Å²) in [4.78, 5) is 14.6. The van der Waals surface area contributed by atoms with Crippen LogP contribution in [0.3, 0.4) is 0 Å². The number of hydrogen-bond acceptors (Lipinski definition) is 4. The van der Waals surface area contributed by atoms with Crippen LogP contribution in [-0.4, -0.2) is 20.1 Å². The Morgan fingerprint density at radius 2 is 0.780 bits per heavy atom. The van der Waals surface area contributed by atoms with E-state index in [-0.39, 0.29) is 5.75 Å². The summed E-state index contributed by atoms with van der Waals surface area (Å²) < 4.78 is 0. The molecule has 0 aliphatic rings. The van der Waals surface area contributed by atoms with Crippen molar-refractivity contribution < 1.29 is 5.11 Å². The highest BCUT2D eigenvalue weighted by Crippen LogP contribution is 2.40. The highest BCUT2D eigenvalue weighted by molar-refractivity contribution is 5.92. The molecule has 0 bridgehead atoms. The van der Waals surface area contributed by atoms with Crippen molar-refractivity contribution in [2.75, 3.05) is 0 Å². The third-order valence-electron chi connectivity index (χ3n) is 10.9. The van der Waals surface area contributed by atoms with E-state index in [4.69, 9.17) is 15.0 Å². The minimum Gasteiger partial charge on any atom is -0.508 e. The van der Waals surface area contributed by atoms with Crippen molar-refractivity contribution in [3.63, 3.8) is 0 Å². The number of hydrogen-bond donors (Lipinski definition) is 1. The van der Waals surface area contributed by atoms with Crippen molar-refractivity contribution in [2.45, 2.75) is 25.7 Å². The number of rotatable bonds is 12. The van der Waals surface area contributed by atoms with Crippen LogP contribution in [0.1, 0.15) is 22.3 Å². The van der Waals surface area contributed by atoms with Crippen molar-refractivity contribution in [1.29, 1.82) is 0 Å². The number of phenolic OH excluding ortho intramolecular Hbond substituents is 1. The second kappa shape index (κ2) is 17.4. The molecule has 3 aromatic heterocycles. The number of aryl methyl sites for hydroxylation is 4. The molecule has 0 saturated heterocycles. The molecule has 0 aliphatic carbocycles. The first-order valence-electron chi connectivity index (χ1n) is 20.2. The van der Waals surface area contributed by atoms with Crippen LogP contribution in [0.15, 0.2) is 207 Å². The van der Waals surface area contributed by atoms with Gasteiger partial charge in [-0.05, 0) is 106 Å². The van der Waals surface area contributed by atoms with E-state index in [0.717, 1.165) is 87.3 Å². The van der Waals surface area contributed by atoms with Gasteiger partial charge in [-0.1, -0.05) is 158 Å². The minimum absolute atomic E-state index is 0.219. The fourth-order valence-corrected chi connectivity index (χ4v) is 7.81. The van der Waals surface area contributed by atoms with Crippen molar-refractivity contribution >= 4 is 0 Å². The molecule has 4 heteroatoms. The van der Waals surface area contributed by atoms with Crippen molar-refractivity contribution in [3.05, 3.63) is 229 Å². The van der Waals surface area contributed by atoms with Gasteiger partial charge in [0.15, 0.2) is 0 Å². The Morgan fingerprint density at radius 1 is 0.288 bits per heavy atom. The number of aromatic nitrogens is 3. The van der Waals surface area contributed by atoms with Gasteiger partial charge in [-0.25, -0.2) is 0 Å². The van der Waals surface area contributed by atoms with E-state index in [1.165, 1.54) is 27.8 Å². The Kier molecular flexibility index (Phi) is 10.9. The Labute approximate surface area is 346 Å². The van der Waals surface area contributed by atoms with Gasteiger partial charge >= 0.3 is 0 Å². The molecule has 0 saturated carbocycles. The largest absolute Gasteiger partial charge is 0.508 e. The van der Waals surface area contributed by atoms with Gasteiger partial charge in [0, 0.05) is 40.8 Å². The number of phenols is 1. The lowest BCUT2D eigenvalue weighted by atomic mass is 9.88. The Balaban J connectivity index is 1.07. The van der Waals surface area contributed by atoms with Crippen LogP contribution >= 0.6 is 0 Å². The maximum Gasteiger partial charge on any atom is 0.116 e. The van der Waals surface area contributed by atoms with Crippen LogP contribution in [0.2, 0.25) is 0 Å². The summed E-state index contributed by atoms with van der Waals surface area (Å²) in [6, 6.07) is 65.0. The zero-order chi connectivity index (χ0) is 39.8. The molecule has 284 valence electrons. The van der Waals surface area contributed by atoms with Gasteiger partial charge in [0.05, 0.1) is 17.1 Å². The fraction of sp³-hybridized carbons (Fsp3) is 0.0727. The van der Waals surface area contributed by atoms with Crippen LogP contribution in [0.5, 0.6) is 5.75 Å². The standard InChI is InChI=1S/C55H43N3O/c59-48-20-12-19-46(34-48)55-35-51(43-13-4-1-5-14-43)52(38-58-55)50-22-11-10-21-49(50)47-32-41(25-23-39-27-29-53(56-36-39)44-15-6-2-7-16-44)31-42(33-47)26-24-40-28-30-54(57-37-40)45-17-8-3-9-18-45/h1-22,27-38,59H,23-26H2. The van der Waals surface area contributed by atoms with E-state index in [1.54, 1.807) is 12.1 Å². The van der Waals surface area contributed by atoms with Crippen molar-refractivity contribution in [3.8, 4) is 72.9 Å². The lowest BCUT2D eigenvalue weighted by molar-refractivity contribution is 0.475. The topological polar surface area (TPSA) is 58.9 Å². The van der Waals surface area contributed by atoms with Crippen molar-refractivity contribution in [1.82, 2.24) is 15.0 Å². The molecule has 0 aliphatic heterocycles. The third-order valence-corrected chi connectivity index (χ3v) is 10.9. The highest BCUT2D eigenvalue weighted by Gasteiger charge is 2.16. The SMILES string of the molecule is Oc1cccc(-c2cc(-c3ccccc3)c(-c3ccccc3-c3cc(CCc4ccc(-c5ccccc5)nc4)cc(CCc4ccc(-c5ccccc5)nc4)c3)cn2)c1. The molecule has 9 rings (SSSR count). The van der Waals surface area contributed by atoms with E-state index >= 15 is 0 Å². The minimum atomic E-state index is 0.219. The first-order valence-corrected chi connectivity index (χ1v) is 20.2. The average molecular weight is 762 g/mol. The monoisotopic (exact) mass is 761 g/mol. The van der Waals surface area contributed by atoms with Gasteiger partial charge in [0.25, 0.3) is 0 Å². The zero-order valence-corrected chi connectivity index (χ0v) is 32.7. The molecule has 0 atom stereocenters. The maximum absolute atomic E-state index is 10.3. The first kappa shape index (κ1) is 37.2. The van der Waals surface area contributed by atoms with Crippen LogP contribution in [0.4, 0.5) is 0 Å². The molecular weight excluding hydrogens is 719 g/mol. The second-order valence-electron chi connectivity index (χ2n) is 15.0.